The summed E-state index contributed by atoms with van der Waals surface area (Å²) < 4.78 is 14.0. The lowest BCUT2D eigenvalue weighted by Crippen LogP contribution is -2.16. The molecule has 0 unspecified atom stereocenters. The quantitative estimate of drug-likeness (QED) is 0.727. The first-order chi connectivity index (χ1) is 10.9. The van der Waals surface area contributed by atoms with Gasteiger partial charge >= 0.3 is 0 Å². The molecule has 3 rings (SSSR count). The van der Waals surface area contributed by atoms with E-state index in [1.54, 1.807) is 18.2 Å². The number of carbonyl (C=O) groups excluding carboxylic acids is 2. The number of phenols is 1. The first kappa shape index (κ1) is 15.6. The number of benzene rings is 2. The summed E-state index contributed by atoms with van der Waals surface area (Å²) >= 11 is 1.82. The number of hydrogen-bond acceptors (Lipinski definition) is 3. The lowest BCUT2D eigenvalue weighted by Gasteiger charge is -2.19. The topological polar surface area (TPSA) is 54.4 Å². The third kappa shape index (κ3) is 2.50. The van der Waals surface area contributed by atoms with Crippen LogP contribution in [0.5, 0.6) is 5.75 Å². The molecule has 0 aromatic heterocycles. The van der Waals surface area contributed by atoms with Crippen LogP contribution in [-0.2, 0) is 0 Å². The van der Waals surface area contributed by atoms with Gasteiger partial charge in [-0.05, 0) is 51.9 Å². The van der Waals surface area contributed by atoms with E-state index in [-0.39, 0.29) is 22.7 Å². The van der Waals surface area contributed by atoms with Crippen LogP contribution >= 0.6 is 22.6 Å². The summed E-state index contributed by atoms with van der Waals surface area (Å²) in [6.45, 7) is 3.71. The van der Waals surface area contributed by atoms with E-state index in [0.717, 1.165) is 6.07 Å². The summed E-state index contributed by atoms with van der Waals surface area (Å²) in [5, 5.41) is 9.37. The van der Waals surface area contributed by atoms with E-state index < -0.39 is 11.6 Å². The second-order valence-corrected chi connectivity index (χ2v) is 6.17. The van der Waals surface area contributed by atoms with Gasteiger partial charge in [-0.2, -0.15) is 0 Å². The fraction of sp³-hybridized carbons (Fsp3) is 0. The molecule has 23 heavy (non-hydrogen) atoms. The van der Waals surface area contributed by atoms with E-state index in [0.29, 0.717) is 20.3 Å². The van der Waals surface area contributed by atoms with Gasteiger partial charge in [-0.15, -0.1) is 0 Å². The molecule has 0 atom stereocenters. The van der Waals surface area contributed by atoms with E-state index in [9.17, 15) is 19.1 Å². The van der Waals surface area contributed by atoms with Crippen molar-refractivity contribution in [3.8, 4) is 16.9 Å². The minimum Gasteiger partial charge on any atom is -0.505 e. The minimum absolute atomic E-state index is 0.240. The zero-order valence-corrected chi connectivity index (χ0v) is 13.9. The zero-order valence-electron chi connectivity index (χ0n) is 11.8. The van der Waals surface area contributed by atoms with Gasteiger partial charge in [0.2, 0.25) is 5.78 Å². The summed E-state index contributed by atoms with van der Waals surface area (Å²) in [5.41, 5.74) is 1.98. The number of allylic oxidation sites excluding steroid dienone is 2. The number of Topliss-reactive ketones (excluding diaryl/α,β-unsaturated/α-hetero) is 1. The van der Waals surface area contributed by atoms with E-state index in [4.69, 9.17) is 0 Å². The number of aromatic hydroxyl groups is 1. The molecular formula is C18H10FIO3. The van der Waals surface area contributed by atoms with E-state index >= 15 is 0 Å². The number of hydrogen-bond donors (Lipinski definition) is 1. The standard InChI is InChI=1S/C18H10FIO3/c1-2-9-3-5-11-15(22)8-13(20)18(23)17(11)16(9)10-4-6-14(21)12(19)7-10/h2-8,21H,1H2. The van der Waals surface area contributed by atoms with Crippen molar-refractivity contribution in [2.75, 3.05) is 0 Å². The van der Waals surface area contributed by atoms with Crippen LogP contribution in [0.2, 0.25) is 0 Å². The SMILES string of the molecule is C=Cc1ccc2c(c1-c1ccc(O)c(F)c1)C(=O)C(I)=CC2=O. The Labute approximate surface area is 145 Å². The largest absolute Gasteiger partial charge is 0.505 e. The highest BCUT2D eigenvalue weighted by molar-refractivity contribution is 14.1. The average Bonchev–Trinajstić information content (AvgIpc) is 2.54. The van der Waals surface area contributed by atoms with Crippen LogP contribution in [0.3, 0.4) is 0 Å². The summed E-state index contributed by atoms with van der Waals surface area (Å²) in [6.07, 6.45) is 2.84. The van der Waals surface area contributed by atoms with Crippen LogP contribution in [0, 0.1) is 5.82 Å². The van der Waals surface area contributed by atoms with Gasteiger partial charge in [0.15, 0.2) is 17.3 Å². The third-order valence-electron chi connectivity index (χ3n) is 3.66. The normalized spacial score (nSPS) is 13.6. The van der Waals surface area contributed by atoms with Crippen LogP contribution in [0.1, 0.15) is 26.3 Å². The molecule has 0 aliphatic heterocycles. The highest BCUT2D eigenvalue weighted by Crippen LogP contribution is 2.37. The van der Waals surface area contributed by atoms with Gasteiger partial charge in [0.05, 0.1) is 3.58 Å². The average molecular weight is 420 g/mol. The number of ketones is 2. The first-order valence-corrected chi connectivity index (χ1v) is 7.76. The molecule has 0 fully saturated rings. The molecule has 1 aliphatic rings. The third-order valence-corrected chi connectivity index (χ3v) is 4.46. The van der Waals surface area contributed by atoms with Crippen LogP contribution in [0.15, 0.2) is 46.6 Å². The molecule has 2 aromatic carbocycles. The highest BCUT2D eigenvalue weighted by atomic mass is 127. The van der Waals surface area contributed by atoms with Gasteiger partial charge in [-0.3, -0.25) is 9.59 Å². The molecule has 5 heteroatoms. The van der Waals surface area contributed by atoms with Crippen molar-refractivity contribution in [3.05, 3.63) is 69.1 Å². The Morgan fingerprint density at radius 3 is 2.52 bits per heavy atom. The van der Waals surface area contributed by atoms with Crippen LogP contribution in [-0.4, -0.2) is 16.7 Å². The second kappa shape index (κ2) is 5.73. The summed E-state index contributed by atoms with van der Waals surface area (Å²) in [4.78, 5) is 24.7. The molecule has 0 heterocycles. The second-order valence-electron chi connectivity index (χ2n) is 5.01. The van der Waals surface area contributed by atoms with Crippen molar-refractivity contribution in [3.63, 3.8) is 0 Å². The predicted molar refractivity (Wildman–Crippen MR) is 94.4 cm³/mol. The summed E-state index contributed by atoms with van der Waals surface area (Å²) in [6, 6.07) is 7.10. The van der Waals surface area contributed by atoms with Gasteiger partial charge in [-0.25, -0.2) is 4.39 Å². The molecule has 0 spiro atoms. The fourth-order valence-corrected chi connectivity index (χ4v) is 3.13. The van der Waals surface area contributed by atoms with Gasteiger partial charge in [0.25, 0.3) is 0 Å². The highest BCUT2D eigenvalue weighted by Gasteiger charge is 2.28. The van der Waals surface area contributed by atoms with Crippen molar-refractivity contribution in [1.29, 1.82) is 0 Å². The minimum atomic E-state index is -0.796. The molecule has 0 radical (unpaired) electrons. The lowest BCUT2D eigenvalue weighted by molar-refractivity contribution is 0.0993. The predicted octanol–water partition coefficient (Wildman–Crippen LogP) is 4.54. The molecule has 0 amide bonds. The number of halogens is 2. The van der Waals surface area contributed by atoms with Gasteiger partial charge in [0, 0.05) is 22.8 Å². The molecule has 0 bridgehead atoms. The molecule has 1 N–H and O–H groups in total. The Morgan fingerprint density at radius 1 is 1.13 bits per heavy atom. The maximum absolute atomic E-state index is 13.7. The Morgan fingerprint density at radius 2 is 1.87 bits per heavy atom. The van der Waals surface area contributed by atoms with Crippen molar-refractivity contribution in [2.45, 2.75) is 0 Å². The fourth-order valence-electron chi connectivity index (χ4n) is 2.58. The maximum atomic E-state index is 13.7. The number of rotatable bonds is 2. The monoisotopic (exact) mass is 420 g/mol. The van der Waals surface area contributed by atoms with Crippen LogP contribution in [0.4, 0.5) is 4.39 Å². The molecule has 0 saturated carbocycles. The number of carbonyl (C=O) groups is 2. The zero-order chi connectivity index (χ0) is 16.7. The van der Waals surface area contributed by atoms with E-state index in [1.165, 1.54) is 18.2 Å². The van der Waals surface area contributed by atoms with Gasteiger partial charge in [0.1, 0.15) is 0 Å². The van der Waals surface area contributed by atoms with E-state index in [2.05, 4.69) is 6.58 Å². The molecule has 2 aromatic rings. The van der Waals surface area contributed by atoms with Crippen molar-refractivity contribution in [2.24, 2.45) is 0 Å². The molecule has 0 saturated heterocycles. The van der Waals surface area contributed by atoms with Crippen molar-refractivity contribution in [1.82, 2.24) is 0 Å². The van der Waals surface area contributed by atoms with Crippen molar-refractivity contribution < 1.29 is 19.1 Å². The number of phenolic OH excluding ortho intramolecular Hbond substituents is 1. The Kier molecular flexibility index (Phi) is 3.89. The molecule has 3 nitrogen and oxygen atoms in total. The Bertz CT molecular complexity index is 913. The molecule has 114 valence electrons. The van der Waals surface area contributed by atoms with Crippen LogP contribution < -0.4 is 0 Å². The molecule has 1 aliphatic carbocycles. The van der Waals surface area contributed by atoms with Gasteiger partial charge in [-0.1, -0.05) is 24.8 Å². The summed E-state index contributed by atoms with van der Waals surface area (Å²) in [7, 11) is 0. The molecular weight excluding hydrogens is 410 g/mol. The Balaban J connectivity index is 2.39. The smallest absolute Gasteiger partial charge is 0.200 e. The van der Waals surface area contributed by atoms with E-state index in [1.807, 2.05) is 22.6 Å². The number of fused-ring (bicyclic) bond motifs is 1. The first-order valence-electron chi connectivity index (χ1n) is 6.68. The van der Waals surface area contributed by atoms with Crippen molar-refractivity contribution >= 4 is 40.2 Å². The summed E-state index contributed by atoms with van der Waals surface area (Å²) in [5.74, 6) is -1.82. The lowest BCUT2D eigenvalue weighted by atomic mass is 9.84. The van der Waals surface area contributed by atoms with Crippen LogP contribution in [0.25, 0.3) is 17.2 Å². The maximum Gasteiger partial charge on any atom is 0.200 e. The van der Waals surface area contributed by atoms with Gasteiger partial charge < -0.3 is 5.11 Å². The Hall–Kier alpha value is -2.28.